The smallest absolute Gasteiger partial charge is 0.136 e. The number of hydrogen-bond donors (Lipinski definition) is 3. The van der Waals surface area contributed by atoms with Crippen molar-refractivity contribution in [3.63, 3.8) is 0 Å². The molecule has 154 valence electrons. The number of unbranched alkanes of at least 4 members (excludes halogenated alkanes) is 4. The number of aliphatic hydroxyl groups is 3. The van der Waals surface area contributed by atoms with E-state index in [9.17, 15) is 19.7 Å². The summed E-state index contributed by atoms with van der Waals surface area (Å²) in [4.78, 5) is 0.554. The predicted octanol–water partition coefficient (Wildman–Crippen LogP) is 4.78. The molecule has 0 spiro atoms. The highest BCUT2D eigenvalue weighted by Crippen LogP contribution is 2.39. The van der Waals surface area contributed by atoms with Crippen molar-refractivity contribution in [2.24, 2.45) is 11.8 Å². The molecule has 1 aliphatic rings. The quantitative estimate of drug-likeness (QED) is 0.350. The Labute approximate surface area is 167 Å². The van der Waals surface area contributed by atoms with E-state index in [0.717, 1.165) is 12.8 Å². The van der Waals surface area contributed by atoms with Gasteiger partial charge in [-0.15, -0.1) is 11.8 Å². The van der Waals surface area contributed by atoms with Gasteiger partial charge in [-0.1, -0.05) is 51.2 Å². The van der Waals surface area contributed by atoms with Crippen LogP contribution in [0, 0.1) is 17.7 Å². The summed E-state index contributed by atoms with van der Waals surface area (Å²) in [6, 6.07) is 6.60. The first-order valence-corrected chi connectivity index (χ1v) is 11.4. The third-order valence-electron chi connectivity index (χ3n) is 5.76. The van der Waals surface area contributed by atoms with Gasteiger partial charge in [0, 0.05) is 10.6 Å². The maximum absolute atomic E-state index is 13.6. The largest absolute Gasteiger partial charge is 0.393 e. The van der Waals surface area contributed by atoms with Gasteiger partial charge in [-0.25, -0.2) is 4.39 Å². The minimum absolute atomic E-state index is 0.0549. The number of halogens is 1. The Hall–Kier alpha value is -0.620. The zero-order valence-electron chi connectivity index (χ0n) is 16.4. The van der Waals surface area contributed by atoms with Crippen molar-refractivity contribution >= 4 is 11.8 Å². The second kappa shape index (κ2) is 12.1. The zero-order valence-corrected chi connectivity index (χ0v) is 17.2. The molecule has 2 rings (SSSR count). The first-order chi connectivity index (χ1) is 13.0. The topological polar surface area (TPSA) is 60.7 Å². The average molecular weight is 399 g/mol. The van der Waals surface area contributed by atoms with Crippen LogP contribution < -0.4 is 0 Å². The van der Waals surface area contributed by atoms with Crippen molar-refractivity contribution in [1.29, 1.82) is 0 Å². The summed E-state index contributed by atoms with van der Waals surface area (Å²) in [7, 11) is 0. The molecule has 5 unspecified atom stereocenters. The van der Waals surface area contributed by atoms with Gasteiger partial charge < -0.3 is 15.3 Å². The minimum atomic E-state index is -0.537. The lowest BCUT2D eigenvalue weighted by atomic mass is 9.85. The molecule has 0 aromatic heterocycles. The second-order valence-corrected chi connectivity index (χ2v) is 8.94. The summed E-state index contributed by atoms with van der Waals surface area (Å²) in [6.07, 6.45) is 7.21. The summed E-state index contributed by atoms with van der Waals surface area (Å²) in [6.45, 7) is 2.20. The Kier molecular flexibility index (Phi) is 10.1. The maximum atomic E-state index is 13.6. The van der Waals surface area contributed by atoms with E-state index < -0.39 is 18.3 Å². The summed E-state index contributed by atoms with van der Waals surface area (Å²) in [5.74, 6) is 0.369. The Morgan fingerprint density at radius 1 is 1.04 bits per heavy atom. The second-order valence-electron chi connectivity index (χ2n) is 7.87. The Morgan fingerprint density at radius 3 is 2.41 bits per heavy atom. The minimum Gasteiger partial charge on any atom is -0.393 e. The van der Waals surface area contributed by atoms with Crippen molar-refractivity contribution < 1.29 is 19.7 Å². The van der Waals surface area contributed by atoms with Gasteiger partial charge in [0.15, 0.2) is 0 Å². The van der Waals surface area contributed by atoms with Crippen LogP contribution in [0.15, 0.2) is 29.2 Å². The van der Waals surface area contributed by atoms with E-state index in [4.69, 9.17) is 0 Å². The Balaban J connectivity index is 1.74. The molecule has 0 amide bonds. The van der Waals surface area contributed by atoms with E-state index in [1.807, 2.05) is 0 Å². The molecule has 0 saturated heterocycles. The normalized spacial score (nSPS) is 26.4. The molecule has 5 atom stereocenters. The predicted molar refractivity (Wildman–Crippen MR) is 109 cm³/mol. The van der Waals surface area contributed by atoms with Crippen LogP contribution in [-0.4, -0.2) is 39.4 Å². The molecular formula is C22H35FO3S. The standard InChI is InChI=1S/C22H35FO3S/c1-2-3-4-5-6-9-17-18(21(26)14-20(17)25)13-12-16(24)15-27-22-11-8-7-10-19(22)23/h7-8,10-11,16-18,20-21,24-26H,2-6,9,12-15H2,1H3. The highest BCUT2D eigenvalue weighted by Gasteiger charge is 2.40. The van der Waals surface area contributed by atoms with Crippen molar-refractivity contribution in [1.82, 2.24) is 0 Å². The van der Waals surface area contributed by atoms with Crippen LogP contribution in [0.4, 0.5) is 4.39 Å². The maximum Gasteiger partial charge on any atom is 0.136 e. The molecule has 0 aliphatic heterocycles. The molecule has 1 aromatic carbocycles. The Morgan fingerprint density at radius 2 is 1.70 bits per heavy atom. The number of aliphatic hydroxyl groups excluding tert-OH is 3. The van der Waals surface area contributed by atoms with Crippen LogP contribution in [-0.2, 0) is 0 Å². The van der Waals surface area contributed by atoms with Gasteiger partial charge in [0.1, 0.15) is 5.82 Å². The third kappa shape index (κ3) is 7.37. The van der Waals surface area contributed by atoms with Gasteiger partial charge in [-0.2, -0.15) is 0 Å². The summed E-state index contributed by atoms with van der Waals surface area (Å²) in [5, 5.41) is 30.9. The van der Waals surface area contributed by atoms with Crippen LogP contribution in [0.5, 0.6) is 0 Å². The van der Waals surface area contributed by atoms with E-state index in [0.29, 0.717) is 29.9 Å². The van der Waals surface area contributed by atoms with Gasteiger partial charge in [0.05, 0.1) is 18.3 Å². The third-order valence-corrected chi connectivity index (χ3v) is 6.96. The monoisotopic (exact) mass is 398 g/mol. The van der Waals surface area contributed by atoms with Gasteiger partial charge >= 0.3 is 0 Å². The van der Waals surface area contributed by atoms with Crippen LogP contribution in [0.2, 0.25) is 0 Å². The van der Waals surface area contributed by atoms with Gasteiger partial charge in [0.25, 0.3) is 0 Å². The van der Waals surface area contributed by atoms with Crippen molar-refractivity contribution in [2.45, 2.75) is 87.9 Å². The van der Waals surface area contributed by atoms with Crippen LogP contribution >= 0.6 is 11.8 Å². The summed E-state index contributed by atoms with van der Waals surface area (Å²) in [5.41, 5.74) is 0. The fourth-order valence-electron chi connectivity index (χ4n) is 4.18. The molecule has 3 N–H and O–H groups in total. The molecule has 1 aromatic rings. The lowest BCUT2D eigenvalue weighted by Crippen LogP contribution is -2.24. The van der Waals surface area contributed by atoms with Crippen molar-refractivity contribution in [3.05, 3.63) is 30.1 Å². The molecule has 0 bridgehead atoms. The fourth-order valence-corrected chi connectivity index (χ4v) is 5.10. The number of thioether (sulfide) groups is 1. The fraction of sp³-hybridized carbons (Fsp3) is 0.727. The van der Waals surface area contributed by atoms with E-state index in [1.165, 1.54) is 43.5 Å². The summed E-state index contributed by atoms with van der Waals surface area (Å²) < 4.78 is 13.6. The number of benzene rings is 1. The summed E-state index contributed by atoms with van der Waals surface area (Å²) >= 11 is 1.32. The van der Waals surface area contributed by atoms with E-state index in [2.05, 4.69) is 6.92 Å². The van der Waals surface area contributed by atoms with E-state index >= 15 is 0 Å². The number of hydrogen-bond acceptors (Lipinski definition) is 4. The molecule has 0 radical (unpaired) electrons. The SMILES string of the molecule is CCCCCCCC1C(O)CC(O)C1CCC(O)CSc1ccccc1F. The molecule has 1 aliphatic carbocycles. The molecular weight excluding hydrogens is 363 g/mol. The lowest BCUT2D eigenvalue weighted by Gasteiger charge is -2.24. The first kappa shape index (κ1) is 22.7. The first-order valence-electron chi connectivity index (χ1n) is 10.4. The molecule has 0 heterocycles. The average Bonchev–Trinajstić information content (AvgIpc) is 2.92. The van der Waals surface area contributed by atoms with Crippen molar-refractivity contribution in [3.8, 4) is 0 Å². The molecule has 1 fully saturated rings. The van der Waals surface area contributed by atoms with Crippen LogP contribution in [0.1, 0.15) is 64.7 Å². The Bertz CT molecular complexity index is 542. The highest BCUT2D eigenvalue weighted by atomic mass is 32.2. The number of rotatable bonds is 12. The van der Waals surface area contributed by atoms with Gasteiger partial charge in [-0.05, 0) is 49.7 Å². The van der Waals surface area contributed by atoms with E-state index in [-0.39, 0.29) is 17.7 Å². The molecule has 3 nitrogen and oxygen atoms in total. The van der Waals surface area contributed by atoms with Crippen LogP contribution in [0.25, 0.3) is 0 Å². The lowest BCUT2D eigenvalue weighted by molar-refractivity contribution is 0.0871. The molecule has 5 heteroatoms. The molecule has 1 saturated carbocycles. The van der Waals surface area contributed by atoms with Crippen LogP contribution in [0.3, 0.4) is 0 Å². The van der Waals surface area contributed by atoms with Gasteiger partial charge in [-0.3, -0.25) is 0 Å². The van der Waals surface area contributed by atoms with Crippen molar-refractivity contribution in [2.75, 3.05) is 5.75 Å². The molecule has 27 heavy (non-hydrogen) atoms. The van der Waals surface area contributed by atoms with E-state index in [1.54, 1.807) is 18.2 Å². The zero-order chi connectivity index (χ0) is 19.6. The highest BCUT2D eigenvalue weighted by molar-refractivity contribution is 7.99. The van der Waals surface area contributed by atoms with Gasteiger partial charge in [0.2, 0.25) is 0 Å².